The molecular weight excluding hydrogens is 506 g/mol. The van der Waals surface area contributed by atoms with Crippen molar-refractivity contribution in [3.05, 3.63) is 89.6 Å². The molecule has 3 heterocycles. The van der Waals surface area contributed by atoms with Crippen molar-refractivity contribution < 1.29 is 14.3 Å². The van der Waals surface area contributed by atoms with E-state index in [1.165, 1.54) is 0 Å². The number of hydrogen-bond donors (Lipinski definition) is 3. The molecule has 1 aromatic heterocycles. The van der Waals surface area contributed by atoms with Crippen molar-refractivity contribution in [3.8, 4) is 0 Å². The van der Waals surface area contributed by atoms with Crippen LogP contribution in [0.3, 0.4) is 0 Å². The van der Waals surface area contributed by atoms with Crippen LogP contribution in [-0.4, -0.2) is 61.0 Å². The highest BCUT2D eigenvalue weighted by atomic mass is 16.5. The minimum absolute atomic E-state index is 0.226. The molecule has 0 bridgehead atoms. The second kappa shape index (κ2) is 15.1. The number of hydrogen-bond acceptors (Lipinski definition) is 8. The molecule has 4 N–H and O–H groups in total. The summed E-state index contributed by atoms with van der Waals surface area (Å²) in [7, 11) is 0. The van der Waals surface area contributed by atoms with Crippen molar-refractivity contribution >= 4 is 35.0 Å². The zero-order valence-corrected chi connectivity index (χ0v) is 23.4. The molecule has 0 aliphatic carbocycles. The zero-order valence-electron chi connectivity index (χ0n) is 23.4. The van der Waals surface area contributed by atoms with Crippen molar-refractivity contribution in [1.82, 2.24) is 4.98 Å². The highest BCUT2D eigenvalue weighted by Gasteiger charge is 2.26. The fraction of sp³-hybridized carbons (Fsp3) is 0.300. The largest absolute Gasteiger partial charge is 0.407 e. The van der Waals surface area contributed by atoms with Gasteiger partial charge in [-0.3, -0.25) is 10.2 Å². The predicted molar refractivity (Wildman–Crippen MR) is 160 cm³/mol. The number of anilines is 2. The molecule has 10 nitrogen and oxygen atoms in total. The number of benzene rings is 2. The summed E-state index contributed by atoms with van der Waals surface area (Å²) in [6, 6.07) is 20.1. The predicted octanol–water partition coefficient (Wildman–Crippen LogP) is 4.44. The lowest BCUT2D eigenvalue weighted by molar-refractivity contribution is -0.117. The molecule has 5 rings (SSSR count). The van der Waals surface area contributed by atoms with Crippen LogP contribution in [0.15, 0.2) is 82.9 Å². The van der Waals surface area contributed by atoms with Gasteiger partial charge in [-0.2, -0.15) is 4.99 Å². The number of rotatable bonds is 4. The molecule has 0 spiro atoms. The summed E-state index contributed by atoms with van der Waals surface area (Å²) < 4.78 is 11.0. The minimum Gasteiger partial charge on any atom is -0.407 e. The Kier molecular flexibility index (Phi) is 11.3. The molecule has 10 heteroatoms. The number of carbonyl (C=O) groups excluding carboxylic acids is 1. The number of fused-ring (bicyclic) bond motifs is 1. The van der Waals surface area contributed by atoms with Gasteiger partial charge in [0.25, 0.3) is 11.9 Å². The number of carbonyl (C=O) groups is 1. The first kappa shape index (κ1) is 30.0. The van der Waals surface area contributed by atoms with E-state index in [0.29, 0.717) is 49.1 Å². The number of amides is 1. The van der Waals surface area contributed by atoms with Crippen LogP contribution in [0, 0.1) is 5.41 Å². The van der Waals surface area contributed by atoms with E-state index in [-0.39, 0.29) is 11.9 Å². The maximum atomic E-state index is 13.0. The number of amidine groups is 1. The number of benzodiazepines with no additional fused rings is 1. The van der Waals surface area contributed by atoms with Gasteiger partial charge in [-0.1, -0.05) is 76.2 Å². The quantitative estimate of drug-likeness (QED) is 0.328. The number of aromatic nitrogens is 1. The van der Waals surface area contributed by atoms with Crippen molar-refractivity contribution in [3.63, 3.8) is 0 Å². The zero-order chi connectivity index (χ0) is 28.9. The van der Waals surface area contributed by atoms with Crippen LogP contribution in [0.1, 0.15) is 44.4 Å². The Morgan fingerprint density at radius 1 is 1.02 bits per heavy atom. The Hall–Kier alpha value is -4.57. The molecule has 3 aromatic rings. The van der Waals surface area contributed by atoms with Gasteiger partial charge in [0.05, 0.1) is 30.2 Å². The standard InChI is InChI=1S/C26H25N7O3.2C2H6/c27-22(19-10-6-12-29-24(19)33-13-15-35-16-14-33)36-26(28)32-23-25(34)30-20-11-5-4-9-18(20)21(31-23)17-7-2-1-3-8-17;2*1-2/h1-12,23,27H,13-16H2,(H2,28,32)(H,30,34);2*1-2H3. The first-order valence-electron chi connectivity index (χ1n) is 13.5. The highest BCUT2D eigenvalue weighted by Crippen LogP contribution is 2.25. The molecule has 210 valence electrons. The molecule has 1 atom stereocenters. The van der Waals surface area contributed by atoms with Gasteiger partial charge >= 0.3 is 0 Å². The Labute approximate surface area is 235 Å². The van der Waals surface area contributed by atoms with Crippen LogP contribution < -0.4 is 16.0 Å². The average molecular weight is 544 g/mol. The molecule has 1 saturated heterocycles. The van der Waals surface area contributed by atoms with E-state index in [1.54, 1.807) is 18.3 Å². The van der Waals surface area contributed by atoms with Crippen LogP contribution in [0.2, 0.25) is 0 Å². The summed E-state index contributed by atoms with van der Waals surface area (Å²) in [5.41, 5.74) is 9.35. The van der Waals surface area contributed by atoms with Crippen LogP contribution >= 0.6 is 0 Å². The van der Waals surface area contributed by atoms with Crippen molar-refractivity contribution in [2.75, 3.05) is 36.5 Å². The molecule has 1 amide bonds. The Morgan fingerprint density at radius 3 is 2.42 bits per heavy atom. The van der Waals surface area contributed by atoms with Gasteiger partial charge in [0.2, 0.25) is 12.1 Å². The monoisotopic (exact) mass is 543 g/mol. The molecule has 1 fully saturated rings. The van der Waals surface area contributed by atoms with E-state index in [0.717, 1.165) is 11.1 Å². The van der Waals surface area contributed by atoms with E-state index in [1.807, 2.05) is 87.2 Å². The summed E-state index contributed by atoms with van der Waals surface area (Å²) in [6.45, 7) is 10.5. The normalized spacial score (nSPS) is 16.4. The van der Waals surface area contributed by atoms with Gasteiger partial charge in [0.1, 0.15) is 5.82 Å². The smallest absolute Gasteiger partial charge is 0.291 e. The number of nitrogens with zero attached hydrogens (tertiary/aromatic N) is 4. The lowest BCUT2D eigenvalue weighted by atomic mass is 10.0. The maximum Gasteiger partial charge on any atom is 0.291 e. The number of nitrogens with two attached hydrogens (primary N) is 1. The van der Waals surface area contributed by atoms with E-state index in [2.05, 4.69) is 20.3 Å². The third kappa shape index (κ3) is 7.29. The van der Waals surface area contributed by atoms with E-state index in [4.69, 9.17) is 20.6 Å². The minimum atomic E-state index is -1.20. The molecule has 1 unspecified atom stereocenters. The van der Waals surface area contributed by atoms with Crippen LogP contribution in [0.5, 0.6) is 0 Å². The fourth-order valence-corrected chi connectivity index (χ4v) is 4.07. The fourth-order valence-electron chi connectivity index (χ4n) is 4.07. The van der Waals surface area contributed by atoms with Crippen LogP contribution in [-0.2, 0) is 14.3 Å². The van der Waals surface area contributed by atoms with Crippen LogP contribution in [0.4, 0.5) is 11.5 Å². The topological polar surface area (TPSA) is 138 Å². The summed E-state index contributed by atoms with van der Waals surface area (Å²) in [5.74, 6) is -0.0806. The molecule has 0 radical (unpaired) electrons. The van der Waals surface area contributed by atoms with Gasteiger partial charge in [0, 0.05) is 30.4 Å². The number of pyridine rings is 1. The number of ether oxygens (including phenoxy) is 2. The van der Waals surface area contributed by atoms with Crippen LogP contribution in [0.25, 0.3) is 0 Å². The molecule has 40 heavy (non-hydrogen) atoms. The number of nitrogens with one attached hydrogen (secondary N) is 2. The second-order valence-corrected chi connectivity index (χ2v) is 8.12. The first-order chi connectivity index (χ1) is 19.6. The summed E-state index contributed by atoms with van der Waals surface area (Å²) >= 11 is 0. The van der Waals surface area contributed by atoms with Gasteiger partial charge in [-0.05, 0) is 18.2 Å². The molecular formula is C30H37N7O3. The number of morpholine rings is 1. The summed E-state index contributed by atoms with van der Waals surface area (Å²) in [6.07, 6.45) is 0.458. The summed E-state index contributed by atoms with van der Waals surface area (Å²) in [5, 5.41) is 11.4. The molecule has 2 aliphatic rings. The van der Waals surface area contributed by atoms with Crippen molar-refractivity contribution in [2.24, 2.45) is 15.7 Å². The Bertz CT molecular complexity index is 1340. The second-order valence-electron chi connectivity index (χ2n) is 8.12. The Morgan fingerprint density at radius 2 is 1.70 bits per heavy atom. The maximum absolute atomic E-state index is 13.0. The van der Waals surface area contributed by atoms with E-state index in [9.17, 15) is 4.79 Å². The molecule has 0 saturated carbocycles. The van der Waals surface area contributed by atoms with Crippen molar-refractivity contribution in [1.29, 1.82) is 5.41 Å². The van der Waals surface area contributed by atoms with E-state index < -0.39 is 12.1 Å². The number of para-hydroxylation sites is 1. The van der Waals surface area contributed by atoms with Gasteiger partial charge in [0.15, 0.2) is 0 Å². The van der Waals surface area contributed by atoms with Gasteiger partial charge in [-0.15, -0.1) is 0 Å². The third-order valence-corrected chi connectivity index (χ3v) is 5.77. The third-order valence-electron chi connectivity index (χ3n) is 5.77. The lowest BCUT2D eigenvalue weighted by Gasteiger charge is -2.29. The number of aliphatic imine (C=N–C) groups is 2. The van der Waals surface area contributed by atoms with Gasteiger partial charge < -0.3 is 25.4 Å². The molecule has 2 aromatic carbocycles. The first-order valence-corrected chi connectivity index (χ1v) is 13.5. The van der Waals surface area contributed by atoms with Gasteiger partial charge in [-0.25, -0.2) is 9.98 Å². The summed E-state index contributed by atoms with van der Waals surface area (Å²) in [4.78, 5) is 28.3. The highest BCUT2D eigenvalue weighted by molar-refractivity contribution is 6.19. The SMILES string of the molecule is CC.CC.N=C(O/C(N)=N/C1N=C(c2ccccc2)c2ccccc2NC1=O)c1cccnc1N1CCOCC1. The Balaban J connectivity index is 0.00000106. The van der Waals surface area contributed by atoms with E-state index >= 15 is 0 Å². The average Bonchev–Trinajstić information content (AvgIpc) is 3.16. The van der Waals surface area contributed by atoms with Crippen molar-refractivity contribution in [2.45, 2.75) is 33.9 Å². The lowest BCUT2D eigenvalue weighted by Crippen LogP contribution is -2.38. The molecule has 2 aliphatic heterocycles.